The Morgan fingerprint density at radius 3 is 2.57 bits per heavy atom. The molecule has 7 heteroatoms. The van der Waals surface area contributed by atoms with E-state index >= 15 is 0 Å². The number of anilines is 2. The highest BCUT2D eigenvalue weighted by Gasteiger charge is 2.32. The summed E-state index contributed by atoms with van der Waals surface area (Å²) >= 11 is 0. The van der Waals surface area contributed by atoms with Crippen LogP contribution < -0.4 is 9.80 Å². The van der Waals surface area contributed by atoms with Crippen molar-refractivity contribution in [3.05, 3.63) is 18.1 Å². The Morgan fingerprint density at radius 2 is 2.05 bits per heavy atom. The lowest BCUT2D eigenvalue weighted by Gasteiger charge is -2.34. The summed E-state index contributed by atoms with van der Waals surface area (Å²) < 4.78 is 20.0. The van der Waals surface area contributed by atoms with Crippen LogP contribution in [0.2, 0.25) is 0 Å². The highest BCUT2D eigenvalue weighted by molar-refractivity contribution is 5.88. The second-order valence-corrected chi connectivity index (χ2v) is 5.86. The van der Waals surface area contributed by atoms with Crippen LogP contribution in [-0.2, 0) is 4.74 Å². The molecule has 1 saturated heterocycles. The summed E-state index contributed by atoms with van der Waals surface area (Å²) in [5.41, 5.74) is -0.734. The zero-order chi connectivity index (χ0) is 15.6. The Balaban J connectivity index is 2.42. The quantitative estimate of drug-likeness (QED) is 0.907. The number of aromatic nitrogens is 1. The predicted octanol–water partition coefficient (Wildman–Crippen LogP) is 2.34. The number of pyridine rings is 1. The molecule has 21 heavy (non-hydrogen) atoms. The molecule has 1 N–H and O–H groups in total. The van der Waals surface area contributed by atoms with E-state index in [9.17, 15) is 14.3 Å². The number of nitrogens with zero attached hydrogens (tertiary/aromatic N) is 3. The Hall–Kier alpha value is -1.89. The molecule has 116 valence electrons. The lowest BCUT2D eigenvalue weighted by atomic mass is 10.1. The van der Waals surface area contributed by atoms with Crippen LogP contribution in [0.3, 0.4) is 0 Å². The summed E-state index contributed by atoms with van der Waals surface area (Å²) in [6, 6.07) is 1.39. The molecule has 1 aromatic heterocycles. The number of hydrogen-bond donors (Lipinski definition) is 1. The van der Waals surface area contributed by atoms with E-state index in [0.717, 1.165) is 4.90 Å². The first-order valence-electron chi connectivity index (χ1n) is 6.82. The van der Waals surface area contributed by atoms with Crippen molar-refractivity contribution in [2.45, 2.75) is 26.3 Å². The number of amides is 1. The molecule has 0 aromatic carbocycles. The van der Waals surface area contributed by atoms with Crippen LogP contribution in [0.1, 0.15) is 20.8 Å². The summed E-state index contributed by atoms with van der Waals surface area (Å²) in [7, 11) is 0. The molecule has 2 rings (SSSR count). The van der Waals surface area contributed by atoms with E-state index in [0.29, 0.717) is 26.3 Å². The van der Waals surface area contributed by atoms with Crippen molar-refractivity contribution >= 4 is 17.6 Å². The molecule has 0 unspecified atom stereocenters. The first-order chi connectivity index (χ1) is 9.82. The molecule has 6 nitrogen and oxygen atoms in total. The third-order valence-corrected chi connectivity index (χ3v) is 3.26. The van der Waals surface area contributed by atoms with Gasteiger partial charge in [0.25, 0.3) is 0 Å². The van der Waals surface area contributed by atoms with E-state index in [1.165, 1.54) is 12.3 Å². The first kappa shape index (κ1) is 15.5. The summed E-state index contributed by atoms with van der Waals surface area (Å²) in [6.07, 6.45) is 0.241. The largest absolute Gasteiger partial charge is 0.465 e. The third kappa shape index (κ3) is 3.24. The Bertz CT molecular complexity index is 525. The summed E-state index contributed by atoms with van der Waals surface area (Å²) in [4.78, 5) is 18.3. The summed E-state index contributed by atoms with van der Waals surface area (Å²) in [6.45, 7) is 7.24. The van der Waals surface area contributed by atoms with Gasteiger partial charge >= 0.3 is 6.09 Å². The minimum absolute atomic E-state index is 0.0199. The summed E-state index contributed by atoms with van der Waals surface area (Å²) in [5, 5.41) is 9.39. The minimum atomic E-state index is -1.19. The average molecular weight is 297 g/mol. The molecule has 2 heterocycles. The monoisotopic (exact) mass is 297 g/mol. The Labute approximate surface area is 123 Å². The fraction of sp³-hybridized carbons (Fsp3) is 0.571. The number of carbonyl (C=O) groups is 1. The molecule has 1 fully saturated rings. The van der Waals surface area contributed by atoms with Crippen molar-refractivity contribution < 1.29 is 19.0 Å². The standard InChI is InChI=1S/C14H20FN3O3/c1-14(2,3)18(13(19)20)10-4-5-16-12(11(10)15)17-6-8-21-9-7-17/h4-5H,6-9H2,1-3H3,(H,19,20). The van der Waals surface area contributed by atoms with Gasteiger partial charge in [-0.05, 0) is 26.8 Å². The van der Waals surface area contributed by atoms with Crippen molar-refractivity contribution in [3.8, 4) is 0 Å². The normalized spacial score (nSPS) is 15.9. The molecule has 0 spiro atoms. The number of hydrogen-bond acceptors (Lipinski definition) is 4. The van der Waals surface area contributed by atoms with Crippen molar-refractivity contribution in [2.24, 2.45) is 0 Å². The maximum atomic E-state index is 14.7. The third-order valence-electron chi connectivity index (χ3n) is 3.26. The van der Waals surface area contributed by atoms with Crippen LogP contribution in [0.5, 0.6) is 0 Å². The van der Waals surface area contributed by atoms with Crippen LogP contribution in [0.4, 0.5) is 20.7 Å². The van der Waals surface area contributed by atoms with E-state index in [4.69, 9.17) is 4.74 Å². The highest BCUT2D eigenvalue weighted by Crippen LogP contribution is 2.31. The number of rotatable bonds is 2. The molecular formula is C14H20FN3O3. The van der Waals surface area contributed by atoms with Gasteiger partial charge in [0.05, 0.1) is 18.9 Å². The first-order valence-corrected chi connectivity index (χ1v) is 6.82. The molecule has 1 aromatic rings. The molecule has 0 atom stereocenters. The fourth-order valence-electron chi connectivity index (χ4n) is 2.34. The van der Waals surface area contributed by atoms with Crippen LogP contribution in [0, 0.1) is 5.82 Å². The smallest absolute Gasteiger partial charge is 0.412 e. The Kier molecular flexibility index (Phi) is 4.32. The SMILES string of the molecule is CC(C)(C)N(C(=O)O)c1ccnc(N2CCOCC2)c1F. The van der Waals surface area contributed by atoms with E-state index in [2.05, 4.69) is 4.98 Å². The molecule has 1 aliphatic rings. The molecule has 0 bridgehead atoms. The van der Waals surface area contributed by atoms with Crippen molar-refractivity contribution in [1.29, 1.82) is 0 Å². The van der Waals surface area contributed by atoms with Crippen molar-refractivity contribution in [1.82, 2.24) is 4.98 Å². The number of carboxylic acid groups (broad SMARTS) is 1. The highest BCUT2D eigenvalue weighted by atomic mass is 19.1. The molecule has 1 amide bonds. The number of morpholine rings is 1. The van der Waals surface area contributed by atoms with Gasteiger partial charge in [-0.3, -0.25) is 4.90 Å². The van der Waals surface area contributed by atoms with Gasteiger partial charge in [0, 0.05) is 24.8 Å². The zero-order valence-electron chi connectivity index (χ0n) is 12.5. The second-order valence-electron chi connectivity index (χ2n) is 5.86. The van der Waals surface area contributed by atoms with Crippen LogP contribution in [-0.4, -0.2) is 48.0 Å². The topological polar surface area (TPSA) is 65.9 Å². The van der Waals surface area contributed by atoms with Gasteiger partial charge in [-0.15, -0.1) is 0 Å². The van der Waals surface area contributed by atoms with Crippen LogP contribution >= 0.6 is 0 Å². The maximum Gasteiger partial charge on any atom is 0.412 e. The van der Waals surface area contributed by atoms with Gasteiger partial charge in [0.1, 0.15) is 0 Å². The number of halogens is 1. The number of ether oxygens (including phenoxy) is 1. The molecule has 0 aliphatic carbocycles. The second kappa shape index (κ2) is 5.85. The van der Waals surface area contributed by atoms with E-state index in [-0.39, 0.29) is 11.5 Å². The van der Waals surface area contributed by atoms with Gasteiger partial charge in [0.2, 0.25) is 0 Å². The van der Waals surface area contributed by atoms with Gasteiger partial charge in [-0.25, -0.2) is 14.2 Å². The lowest BCUT2D eigenvalue weighted by Crippen LogP contribution is -2.46. The van der Waals surface area contributed by atoms with Gasteiger partial charge in [0.15, 0.2) is 11.6 Å². The lowest BCUT2D eigenvalue weighted by molar-refractivity contribution is 0.122. The molecular weight excluding hydrogens is 277 g/mol. The maximum absolute atomic E-state index is 14.7. The molecule has 1 aliphatic heterocycles. The Morgan fingerprint density at radius 1 is 1.43 bits per heavy atom. The summed E-state index contributed by atoms with van der Waals surface area (Å²) in [5.74, 6) is -0.442. The fourth-order valence-corrected chi connectivity index (χ4v) is 2.34. The van der Waals surface area contributed by atoms with Crippen LogP contribution in [0.25, 0.3) is 0 Å². The van der Waals surface area contributed by atoms with Gasteiger partial charge < -0.3 is 14.7 Å². The predicted molar refractivity (Wildman–Crippen MR) is 77.5 cm³/mol. The van der Waals surface area contributed by atoms with Gasteiger partial charge in [-0.2, -0.15) is 0 Å². The zero-order valence-corrected chi connectivity index (χ0v) is 12.5. The van der Waals surface area contributed by atoms with Crippen molar-refractivity contribution in [2.75, 3.05) is 36.1 Å². The van der Waals surface area contributed by atoms with E-state index in [1.54, 1.807) is 25.7 Å². The average Bonchev–Trinajstić information content (AvgIpc) is 2.40. The molecule has 0 saturated carbocycles. The van der Waals surface area contributed by atoms with E-state index in [1.807, 2.05) is 0 Å². The minimum Gasteiger partial charge on any atom is -0.465 e. The van der Waals surface area contributed by atoms with Crippen LogP contribution in [0.15, 0.2) is 12.3 Å². The van der Waals surface area contributed by atoms with Crippen molar-refractivity contribution in [3.63, 3.8) is 0 Å². The molecule has 0 radical (unpaired) electrons. The van der Waals surface area contributed by atoms with Gasteiger partial charge in [-0.1, -0.05) is 0 Å². The van der Waals surface area contributed by atoms with E-state index < -0.39 is 17.4 Å².